The second kappa shape index (κ2) is 5.31. The first-order chi connectivity index (χ1) is 10.1. The first-order valence-electron chi connectivity index (χ1n) is 5.87. The van der Waals surface area contributed by atoms with Crippen LogP contribution < -0.4 is 5.76 Å². The van der Waals surface area contributed by atoms with E-state index in [2.05, 4.69) is 19.6 Å². The lowest BCUT2D eigenvalue weighted by atomic mass is 10.1. The van der Waals surface area contributed by atoms with Crippen LogP contribution in [-0.4, -0.2) is 19.7 Å². The first-order valence-corrected chi connectivity index (χ1v) is 6.62. The van der Waals surface area contributed by atoms with Gasteiger partial charge < -0.3 is 0 Å². The molecule has 21 heavy (non-hydrogen) atoms. The maximum atomic E-state index is 11.3. The predicted octanol–water partition coefficient (Wildman–Crippen LogP) is 2.80. The monoisotopic (exact) mass is 322 g/mol. The Bertz CT molecular complexity index is 873. The molecule has 106 valence electrons. The van der Waals surface area contributed by atoms with Crippen LogP contribution in [-0.2, 0) is 7.05 Å². The summed E-state index contributed by atoms with van der Waals surface area (Å²) in [5, 5.41) is 4.59. The Hall–Kier alpha value is -2.18. The molecule has 0 N–H and O–H groups in total. The topological polar surface area (TPSA) is 73.8 Å². The second-order valence-corrected chi connectivity index (χ2v) is 5.06. The SMILES string of the molecule is Cn1c(-c2cc(-c3ccc(Cl)c(Cl)c3)ncn2)noc1=O. The van der Waals surface area contributed by atoms with Crippen molar-refractivity contribution in [1.82, 2.24) is 19.7 Å². The van der Waals surface area contributed by atoms with Crippen molar-refractivity contribution in [3.63, 3.8) is 0 Å². The highest BCUT2D eigenvalue weighted by Crippen LogP contribution is 2.28. The summed E-state index contributed by atoms with van der Waals surface area (Å²) in [6.45, 7) is 0. The highest BCUT2D eigenvalue weighted by atomic mass is 35.5. The maximum Gasteiger partial charge on any atom is 0.441 e. The van der Waals surface area contributed by atoms with E-state index in [1.165, 1.54) is 10.9 Å². The van der Waals surface area contributed by atoms with Crippen LogP contribution in [0, 0.1) is 0 Å². The Balaban J connectivity index is 2.10. The number of aromatic nitrogens is 4. The van der Waals surface area contributed by atoms with Gasteiger partial charge >= 0.3 is 5.76 Å². The molecular weight excluding hydrogens is 315 g/mol. The smallest absolute Gasteiger partial charge is 0.295 e. The van der Waals surface area contributed by atoms with Gasteiger partial charge in [-0.3, -0.25) is 9.09 Å². The molecule has 0 unspecified atom stereocenters. The summed E-state index contributed by atoms with van der Waals surface area (Å²) in [7, 11) is 1.55. The van der Waals surface area contributed by atoms with E-state index in [4.69, 9.17) is 23.2 Å². The van der Waals surface area contributed by atoms with Gasteiger partial charge in [-0.15, -0.1) is 0 Å². The van der Waals surface area contributed by atoms with E-state index in [0.29, 0.717) is 27.3 Å². The molecule has 0 aliphatic rings. The van der Waals surface area contributed by atoms with Crippen molar-refractivity contribution in [2.75, 3.05) is 0 Å². The molecule has 0 fully saturated rings. The van der Waals surface area contributed by atoms with Gasteiger partial charge in [0.15, 0.2) is 0 Å². The van der Waals surface area contributed by atoms with Gasteiger partial charge in [0.2, 0.25) is 5.82 Å². The summed E-state index contributed by atoms with van der Waals surface area (Å²) in [6, 6.07) is 6.88. The maximum absolute atomic E-state index is 11.3. The molecule has 0 spiro atoms. The van der Waals surface area contributed by atoms with Crippen LogP contribution in [0.5, 0.6) is 0 Å². The number of hydrogen-bond acceptors (Lipinski definition) is 5. The van der Waals surface area contributed by atoms with Crippen molar-refractivity contribution in [3.8, 4) is 22.8 Å². The van der Waals surface area contributed by atoms with Crippen LogP contribution in [0.4, 0.5) is 0 Å². The fourth-order valence-corrected chi connectivity index (χ4v) is 2.10. The van der Waals surface area contributed by atoms with Gasteiger partial charge in [-0.25, -0.2) is 14.8 Å². The Morgan fingerprint density at radius 1 is 1.10 bits per heavy atom. The average Bonchev–Trinajstić information content (AvgIpc) is 2.82. The van der Waals surface area contributed by atoms with Crippen LogP contribution in [0.25, 0.3) is 22.8 Å². The number of nitrogens with zero attached hydrogens (tertiary/aromatic N) is 4. The van der Waals surface area contributed by atoms with Gasteiger partial charge in [-0.05, 0) is 18.2 Å². The predicted molar refractivity (Wildman–Crippen MR) is 78.2 cm³/mol. The van der Waals surface area contributed by atoms with Crippen LogP contribution in [0.15, 0.2) is 39.9 Å². The van der Waals surface area contributed by atoms with Gasteiger partial charge in [-0.2, -0.15) is 0 Å². The summed E-state index contributed by atoms with van der Waals surface area (Å²) >= 11 is 11.9. The van der Waals surface area contributed by atoms with Gasteiger partial charge in [0.25, 0.3) is 0 Å². The van der Waals surface area contributed by atoms with Crippen LogP contribution in [0.3, 0.4) is 0 Å². The Morgan fingerprint density at radius 3 is 2.52 bits per heavy atom. The highest BCUT2D eigenvalue weighted by Gasteiger charge is 2.12. The molecule has 0 atom stereocenters. The van der Waals surface area contributed by atoms with Crippen molar-refractivity contribution in [1.29, 1.82) is 0 Å². The highest BCUT2D eigenvalue weighted by molar-refractivity contribution is 6.42. The van der Waals surface area contributed by atoms with E-state index in [1.807, 2.05) is 0 Å². The molecule has 6 nitrogen and oxygen atoms in total. The number of halogens is 2. The quantitative estimate of drug-likeness (QED) is 0.725. The molecule has 3 aromatic rings. The minimum atomic E-state index is -0.556. The molecule has 1 aromatic carbocycles. The van der Waals surface area contributed by atoms with Crippen LogP contribution in [0.2, 0.25) is 10.0 Å². The number of benzene rings is 1. The van der Waals surface area contributed by atoms with Gasteiger partial charge in [0.1, 0.15) is 12.0 Å². The van der Waals surface area contributed by atoms with E-state index in [-0.39, 0.29) is 0 Å². The average molecular weight is 323 g/mol. The minimum absolute atomic E-state index is 0.323. The van der Waals surface area contributed by atoms with Crippen molar-refractivity contribution in [2.45, 2.75) is 0 Å². The molecule has 0 aliphatic heterocycles. The third kappa shape index (κ3) is 2.55. The molecule has 2 heterocycles. The lowest BCUT2D eigenvalue weighted by molar-refractivity contribution is 0.380. The lowest BCUT2D eigenvalue weighted by Gasteiger charge is -2.04. The minimum Gasteiger partial charge on any atom is -0.295 e. The Kier molecular flexibility index (Phi) is 3.48. The number of hydrogen-bond donors (Lipinski definition) is 0. The zero-order valence-corrected chi connectivity index (χ0v) is 12.3. The Morgan fingerprint density at radius 2 is 1.86 bits per heavy atom. The zero-order valence-electron chi connectivity index (χ0n) is 10.7. The molecule has 2 aromatic heterocycles. The van der Waals surface area contributed by atoms with E-state index in [0.717, 1.165) is 5.56 Å². The Labute approximate surface area is 129 Å². The third-order valence-corrected chi connectivity index (χ3v) is 3.65. The van der Waals surface area contributed by atoms with E-state index >= 15 is 0 Å². The summed E-state index contributed by atoms with van der Waals surface area (Å²) in [5.41, 5.74) is 1.88. The molecule has 0 amide bonds. The van der Waals surface area contributed by atoms with Crippen LogP contribution >= 0.6 is 23.2 Å². The fraction of sp³-hybridized carbons (Fsp3) is 0.0769. The lowest BCUT2D eigenvalue weighted by Crippen LogP contribution is -2.10. The van der Waals surface area contributed by atoms with Crippen molar-refractivity contribution < 1.29 is 4.52 Å². The summed E-state index contributed by atoms with van der Waals surface area (Å²) < 4.78 is 5.85. The van der Waals surface area contributed by atoms with E-state index in [1.54, 1.807) is 31.3 Å². The molecule has 0 saturated carbocycles. The normalized spacial score (nSPS) is 10.8. The summed E-state index contributed by atoms with van der Waals surface area (Å²) in [4.78, 5) is 19.6. The molecule has 0 bridgehead atoms. The first kappa shape index (κ1) is 13.8. The third-order valence-electron chi connectivity index (χ3n) is 2.91. The standard InChI is InChI=1S/C13H8Cl2N4O2/c1-19-12(18-21-13(19)20)11-5-10(16-6-17-11)7-2-3-8(14)9(15)4-7/h2-6H,1H3. The number of rotatable bonds is 2. The van der Waals surface area contributed by atoms with Crippen molar-refractivity contribution >= 4 is 23.2 Å². The molecule has 0 radical (unpaired) electrons. The second-order valence-electron chi connectivity index (χ2n) is 4.25. The summed E-state index contributed by atoms with van der Waals surface area (Å²) in [5.74, 6) is -0.233. The molecular formula is C13H8Cl2N4O2. The van der Waals surface area contributed by atoms with E-state index < -0.39 is 5.76 Å². The molecule has 3 rings (SSSR count). The largest absolute Gasteiger partial charge is 0.441 e. The van der Waals surface area contributed by atoms with Gasteiger partial charge in [-0.1, -0.05) is 34.4 Å². The van der Waals surface area contributed by atoms with Gasteiger partial charge in [0, 0.05) is 12.6 Å². The molecule has 0 saturated heterocycles. The summed E-state index contributed by atoms with van der Waals surface area (Å²) in [6.07, 6.45) is 1.38. The van der Waals surface area contributed by atoms with E-state index in [9.17, 15) is 4.79 Å². The zero-order chi connectivity index (χ0) is 15.0. The van der Waals surface area contributed by atoms with Crippen molar-refractivity contribution in [3.05, 3.63) is 51.2 Å². The van der Waals surface area contributed by atoms with Crippen LogP contribution in [0.1, 0.15) is 0 Å². The van der Waals surface area contributed by atoms with Gasteiger partial charge in [0.05, 0.1) is 15.7 Å². The van der Waals surface area contributed by atoms with Crippen molar-refractivity contribution in [2.24, 2.45) is 7.05 Å². The fourth-order valence-electron chi connectivity index (χ4n) is 1.80. The molecule has 0 aliphatic carbocycles. The molecule has 8 heteroatoms.